The second kappa shape index (κ2) is 14.5. The lowest BCUT2D eigenvalue weighted by Gasteiger charge is -2.20. The lowest BCUT2D eigenvalue weighted by molar-refractivity contribution is -0.385. The van der Waals surface area contributed by atoms with Crippen molar-refractivity contribution >= 4 is 31.6 Å². The molecule has 0 aromatic heterocycles. The Morgan fingerprint density at radius 1 is 0.917 bits per heavy atom. The van der Waals surface area contributed by atoms with Gasteiger partial charge in [0.15, 0.2) is 0 Å². The molecular formula is C27H34N2O6Si. The molecule has 0 saturated heterocycles. The number of Topliss-reactive ketones (excluding diaryl/α,β-unsaturated/α-hetero) is 1. The molecule has 0 spiro atoms. The summed E-state index contributed by atoms with van der Waals surface area (Å²) in [6, 6.07) is 12.9. The number of ketones is 1. The number of hydrogen-bond acceptors (Lipinski definition) is 6. The topological polar surface area (TPSA) is 113 Å². The van der Waals surface area contributed by atoms with Crippen LogP contribution in [0.25, 0.3) is 6.08 Å². The van der Waals surface area contributed by atoms with Crippen LogP contribution in [-0.4, -0.2) is 23.9 Å². The van der Waals surface area contributed by atoms with Crippen molar-refractivity contribution in [2.45, 2.75) is 51.2 Å². The van der Waals surface area contributed by atoms with E-state index in [1.807, 2.05) is 0 Å². The second-order valence-corrected chi connectivity index (χ2v) is 13.5. The third-order valence-corrected chi connectivity index (χ3v) is 6.00. The van der Waals surface area contributed by atoms with Gasteiger partial charge in [-0.05, 0) is 67.7 Å². The number of allylic oxidation sites excluding steroid dienone is 1. The minimum Gasteiger partial charge on any atom is -0.545 e. The molecule has 36 heavy (non-hydrogen) atoms. The number of carbonyl (C=O) groups excluding carboxylic acids is 1. The highest BCUT2D eigenvalue weighted by Crippen LogP contribution is 2.31. The average Bonchev–Trinajstić information content (AvgIpc) is 2.84. The Hall–Kier alpha value is -3.85. The maximum absolute atomic E-state index is 11.1. The number of nitro groups is 2. The van der Waals surface area contributed by atoms with Crippen molar-refractivity contribution in [3.05, 3.63) is 111 Å². The Bertz CT molecular complexity index is 1060. The van der Waals surface area contributed by atoms with Gasteiger partial charge in [0.25, 0.3) is 11.4 Å². The van der Waals surface area contributed by atoms with Crippen LogP contribution in [0.1, 0.15) is 42.7 Å². The maximum Gasteiger partial charge on any atom is 0.269 e. The molecule has 1 fully saturated rings. The molecule has 2 aromatic rings. The zero-order chi connectivity index (χ0) is 27.3. The van der Waals surface area contributed by atoms with Crippen molar-refractivity contribution in [3.63, 3.8) is 0 Å². The lowest BCUT2D eigenvalue weighted by atomic mass is 9.83. The molecule has 192 valence electrons. The number of hydrogen-bond donors (Lipinski definition) is 0. The molecule has 8 nitrogen and oxygen atoms in total. The van der Waals surface area contributed by atoms with E-state index in [0.29, 0.717) is 30.3 Å². The van der Waals surface area contributed by atoms with E-state index in [1.54, 1.807) is 36.4 Å². The molecule has 1 aliphatic carbocycles. The number of rotatable bonds is 7. The monoisotopic (exact) mass is 510 g/mol. The first-order chi connectivity index (χ1) is 16.9. The average molecular weight is 511 g/mol. The van der Waals surface area contributed by atoms with Gasteiger partial charge in [-0.3, -0.25) is 25.0 Å². The predicted molar refractivity (Wildman–Crippen MR) is 146 cm³/mol. The summed E-state index contributed by atoms with van der Waals surface area (Å²) < 4.78 is 5.41. The molecule has 9 heteroatoms. The maximum atomic E-state index is 11.1. The van der Waals surface area contributed by atoms with Crippen molar-refractivity contribution in [1.29, 1.82) is 0 Å². The van der Waals surface area contributed by atoms with Crippen LogP contribution in [0.15, 0.2) is 80.1 Å². The first-order valence-corrected chi connectivity index (χ1v) is 14.9. The smallest absolute Gasteiger partial charge is 0.269 e. The Labute approximate surface area is 213 Å². The summed E-state index contributed by atoms with van der Waals surface area (Å²) in [6.07, 6.45) is 6.30. The van der Waals surface area contributed by atoms with E-state index in [9.17, 15) is 25.0 Å². The van der Waals surface area contributed by atoms with E-state index in [0.717, 1.165) is 24.0 Å². The van der Waals surface area contributed by atoms with Gasteiger partial charge in [0.1, 0.15) is 5.78 Å². The number of nitro benzene ring substituents is 2. The van der Waals surface area contributed by atoms with Gasteiger partial charge < -0.3 is 4.43 Å². The Morgan fingerprint density at radius 2 is 1.36 bits per heavy atom. The van der Waals surface area contributed by atoms with Crippen LogP contribution in [0, 0.1) is 20.2 Å². The fraction of sp³-hybridized carbons (Fsp3) is 0.296. The summed E-state index contributed by atoms with van der Waals surface area (Å²) in [5.41, 5.74) is 2.22. The highest BCUT2D eigenvalue weighted by atomic mass is 28.4. The Morgan fingerprint density at radius 3 is 1.69 bits per heavy atom. The van der Waals surface area contributed by atoms with Gasteiger partial charge in [0.05, 0.1) is 15.6 Å². The Kier molecular flexibility index (Phi) is 12.2. The third kappa shape index (κ3) is 11.5. The van der Waals surface area contributed by atoms with E-state index >= 15 is 0 Å². The molecule has 0 unspecified atom stereocenters. The summed E-state index contributed by atoms with van der Waals surface area (Å²) in [7, 11) is -1.41. The minimum atomic E-state index is -1.41. The van der Waals surface area contributed by atoms with Crippen molar-refractivity contribution in [3.8, 4) is 0 Å². The standard InChI is InChI=1S/C12H13NO3.C8H7NO2.C7H14OSi/c14-12-7-3-10(4-8-12)9-1-5-11(6-2-9)13(15)16;1-2-7-3-5-8(6-4-7)9(10)11;1-6-7(2)8-9(3,4)5/h1-2,5-6,10H,3-4,7-8H2;2-6H,1H2;6H,1-2H2,3-5H3. The summed E-state index contributed by atoms with van der Waals surface area (Å²) in [4.78, 5) is 30.9. The first kappa shape index (κ1) is 30.2. The van der Waals surface area contributed by atoms with Gasteiger partial charge in [-0.25, -0.2) is 0 Å². The van der Waals surface area contributed by atoms with Crippen molar-refractivity contribution in [1.82, 2.24) is 0 Å². The summed E-state index contributed by atoms with van der Waals surface area (Å²) in [5.74, 6) is 1.41. The van der Waals surface area contributed by atoms with E-state index in [1.165, 1.54) is 24.3 Å². The number of nitrogens with zero attached hydrogens (tertiary/aromatic N) is 2. The van der Waals surface area contributed by atoms with E-state index in [2.05, 4.69) is 39.4 Å². The number of carbonyl (C=O) groups is 1. The zero-order valence-electron chi connectivity index (χ0n) is 21.1. The van der Waals surface area contributed by atoms with Gasteiger partial charge >= 0.3 is 0 Å². The van der Waals surface area contributed by atoms with E-state index in [-0.39, 0.29) is 11.4 Å². The largest absolute Gasteiger partial charge is 0.545 e. The zero-order valence-corrected chi connectivity index (χ0v) is 22.1. The molecule has 1 aliphatic rings. The molecule has 1 saturated carbocycles. The quantitative estimate of drug-likeness (QED) is 0.125. The lowest BCUT2D eigenvalue weighted by Crippen LogP contribution is -2.23. The first-order valence-electron chi connectivity index (χ1n) is 11.5. The predicted octanol–water partition coefficient (Wildman–Crippen LogP) is 7.60. The van der Waals surface area contributed by atoms with Gasteiger partial charge in [-0.2, -0.15) is 0 Å². The van der Waals surface area contributed by atoms with Crippen LogP contribution in [0.4, 0.5) is 11.4 Å². The molecule has 0 bridgehead atoms. The SMILES string of the molecule is C=CC(=C)O[Si](C)(C)C.C=Cc1ccc([N+](=O)[O-])cc1.O=C1CCC(c2ccc([N+](=O)[O-])cc2)CC1. The molecule has 0 N–H and O–H groups in total. The van der Waals surface area contributed by atoms with Gasteiger partial charge in [-0.15, -0.1) is 0 Å². The highest BCUT2D eigenvalue weighted by Gasteiger charge is 2.20. The molecule has 0 amide bonds. The number of non-ortho nitro benzene ring substituents is 2. The molecule has 2 aromatic carbocycles. The third-order valence-electron chi connectivity index (χ3n) is 5.12. The molecule has 0 radical (unpaired) electrons. The van der Waals surface area contributed by atoms with Gasteiger partial charge in [0.2, 0.25) is 8.32 Å². The van der Waals surface area contributed by atoms with Crippen molar-refractivity contribution in [2.75, 3.05) is 0 Å². The van der Waals surface area contributed by atoms with Crippen molar-refractivity contribution < 1.29 is 19.1 Å². The van der Waals surface area contributed by atoms with Gasteiger partial charge in [0, 0.05) is 37.1 Å². The van der Waals surface area contributed by atoms with Crippen LogP contribution in [0.3, 0.4) is 0 Å². The Balaban J connectivity index is 0.000000286. The molecule has 3 rings (SSSR count). The summed E-state index contributed by atoms with van der Waals surface area (Å²) in [5, 5.41) is 20.7. The van der Waals surface area contributed by atoms with E-state index < -0.39 is 18.2 Å². The summed E-state index contributed by atoms with van der Waals surface area (Å²) in [6.45, 7) is 17.1. The fourth-order valence-corrected chi connectivity index (χ4v) is 4.18. The molecule has 0 atom stereocenters. The molecule has 0 aliphatic heterocycles. The normalized spacial score (nSPS) is 13.1. The van der Waals surface area contributed by atoms with Crippen molar-refractivity contribution in [2.24, 2.45) is 0 Å². The summed E-state index contributed by atoms with van der Waals surface area (Å²) >= 11 is 0. The van der Waals surface area contributed by atoms with Crippen LogP contribution < -0.4 is 0 Å². The van der Waals surface area contributed by atoms with Gasteiger partial charge in [-0.1, -0.05) is 37.9 Å². The van der Waals surface area contributed by atoms with Crippen LogP contribution in [-0.2, 0) is 9.22 Å². The minimum absolute atomic E-state index is 0.107. The van der Waals surface area contributed by atoms with Crippen LogP contribution in [0.2, 0.25) is 19.6 Å². The van der Waals surface area contributed by atoms with Crippen LogP contribution in [0.5, 0.6) is 0 Å². The van der Waals surface area contributed by atoms with Crippen LogP contribution >= 0.6 is 0 Å². The number of benzene rings is 2. The molecular weight excluding hydrogens is 476 g/mol. The van der Waals surface area contributed by atoms with E-state index in [4.69, 9.17) is 4.43 Å². The second-order valence-electron chi connectivity index (χ2n) is 9.10. The fourth-order valence-electron chi connectivity index (χ4n) is 3.31. The molecule has 0 heterocycles. The highest BCUT2D eigenvalue weighted by molar-refractivity contribution is 6.70.